The second-order valence-electron chi connectivity index (χ2n) is 5.43. The molecule has 2 atom stereocenters. The molecule has 1 fully saturated rings. The maximum absolute atomic E-state index is 12.1. The van der Waals surface area contributed by atoms with E-state index >= 15 is 0 Å². The number of carbonyl (C=O) groups excluding carboxylic acids is 1. The number of hydrogen-bond acceptors (Lipinski definition) is 3. The highest BCUT2D eigenvalue weighted by Crippen LogP contribution is 2.29. The third kappa shape index (κ3) is 3.97. The summed E-state index contributed by atoms with van der Waals surface area (Å²) < 4.78 is 5.09. The van der Waals surface area contributed by atoms with Crippen molar-refractivity contribution < 1.29 is 19.4 Å². The number of carboxylic acid groups (broad SMARTS) is 1. The summed E-state index contributed by atoms with van der Waals surface area (Å²) in [7, 11) is 1.55. The molecule has 0 bridgehead atoms. The van der Waals surface area contributed by atoms with Crippen LogP contribution in [0.15, 0.2) is 24.3 Å². The lowest BCUT2D eigenvalue weighted by Crippen LogP contribution is -2.37. The van der Waals surface area contributed by atoms with Crippen molar-refractivity contribution in [3.8, 4) is 5.75 Å². The second-order valence-corrected chi connectivity index (χ2v) is 5.43. The molecule has 21 heavy (non-hydrogen) atoms. The van der Waals surface area contributed by atoms with Gasteiger partial charge < -0.3 is 15.2 Å². The summed E-state index contributed by atoms with van der Waals surface area (Å²) in [6, 6.07) is 6.92. The Hall–Kier alpha value is -2.04. The summed E-state index contributed by atoms with van der Waals surface area (Å²) in [6.07, 6.45) is 3.55. The smallest absolute Gasteiger partial charge is 0.306 e. The molecule has 2 unspecified atom stereocenters. The van der Waals surface area contributed by atoms with Gasteiger partial charge in [-0.25, -0.2) is 0 Å². The molecule has 2 rings (SSSR count). The molecule has 0 radical (unpaired) electrons. The largest absolute Gasteiger partial charge is 0.497 e. The Kier molecular flexibility index (Phi) is 5.20. The third-order valence-electron chi connectivity index (χ3n) is 4.08. The monoisotopic (exact) mass is 291 g/mol. The number of carbonyl (C=O) groups is 2. The molecular weight excluding hydrogens is 270 g/mol. The van der Waals surface area contributed by atoms with Crippen molar-refractivity contribution in [2.75, 3.05) is 13.7 Å². The summed E-state index contributed by atoms with van der Waals surface area (Å²) in [6.45, 7) is 0.410. The molecule has 114 valence electrons. The molecule has 1 aromatic carbocycles. The fourth-order valence-corrected chi connectivity index (χ4v) is 2.87. The van der Waals surface area contributed by atoms with Crippen LogP contribution in [0.5, 0.6) is 5.75 Å². The SMILES string of the molecule is COc1cccc(C(=O)NCC2CCCCC2C(=O)O)c1. The lowest BCUT2D eigenvalue weighted by Gasteiger charge is -2.28. The molecule has 1 saturated carbocycles. The van der Waals surface area contributed by atoms with E-state index in [0.717, 1.165) is 19.3 Å². The van der Waals surface area contributed by atoms with Gasteiger partial charge in [0.15, 0.2) is 0 Å². The van der Waals surface area contributed by atoms with Crippen LogP contribution in [0, 0.1) is 11.8 Å². The molecule has 2 N–H and O–H groups in total. The van der Waals surface area contributed by atoms with E-state index < -0.39 is 5.97 Å². The third-order valence-corrected chi connectivity index (χ3v) is 4.08. The lowest BCUT2D eigenvalue weighted by molar-refractivity contribution is -0.144. The molecule has 0 heterocycles. The molecular formula is C16H21NO4. The number of methoxy groups -OCH3 is 1. The van der Waals surface area contributed by atoms with Gasteiger partial charge >= 0.3 is 5.97 Å². The van der Waals surface area contributed by atoms with Crippen molar-refractivity contribution in [3.05, 3.63) is 29.8 Å². The lowest BCUT2D eigenvalue weighted by atomic mass is 9.79. The summed E-state index contributed by atoms with van der Waals surface area (Å²) in [5, 5.41) is 12.1. The van der Waals surface area contributed by atoms with Crippen LogP contribution in [0.25, 0.3) is 0 Å². The minimum absolute atomic E-state index is 0.0193. The number of aliphatic carboxylic acids is 1. The predicted octanol–water partition coefficient (Wildman–Crippen LogP) is 2.32. The molecule has 1 aliphatic carbocycles. The first kappa shape index (κ1) is 15.4. The van der Waals surface area contributed by atoms with Crippen LogP contribution in [0.3, 0.4) is 0 Å². The normalized spacial score (nSPS) is 21.6. The fraction of sp³-hybridized carbons (Fsp3) is 0.500. The molecule has 0 spiro atoms. The van der Waals surface area contributed by atoms with Crippen LogP contribution in [0.2, 0.25) is 0 Å². The van der Waals surface area contributed by atoms with Crippen molar-refractivity contribution in [3.63, 3.8) is 0 Å². The molecule has 5 nitrogen and oxygen atoms in total. The van der Waals surface area contributed by atoms with E-state index in [9.17, 15) is 14.7 Å². The van der Waals surface area contributed by atoms with Crippen LogP contribution >= 0.6 is 0 Å². The van der Waals surface area contributed by atoms with Crippen molar-refractivity contribution in [2.24, 2.45) is 11.8 Å². The van der Waals surface area contributed by atoms with Crippen LogP contribution in [-0.4, -0.2) is 30.6 Å². The van der Waals surface area contributed by atoms with Gasteiger partial charge in [-0.15, -0.1) is 0 Å². The van der Waals surface area contributed by atoms with E-state index in [2.05, 4.69) is 5.32 Å². The minimum atomic E-state index is -0.754. The zero-order chi connectivity index (χ0) is 15.2. The van der Waals surface area contributed by atoms with Crippen molar-refractivity contribution >= 4 is 11.9 Å². The Labute approximate surface area is 124 Å². The molecule has 0 aliphatic heterocycles. The highest BCUT2D eigenvalue weighted by atomic mass is 16.5. The van der Waals surface area contributed by atoms with Crippen LogP contribution < -0.4 is 10.1 Å². The van der Waals surface area contributed by atoms with Gasteiger partial charge in [-0.1, -0.05) is 18.9 Å². The van der Waals surface area contributed by atoms with Crippen LogP contribution in [0.1, 0.15) is 36.0 Å². The molecule has 0 saturated heterocycles. The summed E-state index contributed by atoms with van der Waals surface area (Å²) in [4.78, 5) is 23.4. The maximum Gasteiger partial charge on any atom is 0.306 e. The fourth-order valence-electron chi connectivity index (χ4n) is 2.87. The quantitative estimate of drug-likeness (QED) is 0.873. The highest BCUT2D eigenvalue weighted by Gasteiger charge is 2.30. The van der Waals surface area contributed by atoms with Gasteiger partial charge in [-0.05, 0) is 37.0 Å². The van der Waals surface area contributed by atoms with E-state index in [1.807, 2.05) is 0 Å². The predicted molar refractivity (Wildman–Crippen MR) is 78.4 cm³/mol. The van der Waals surface area contributed by atoms with Crippen LogP contribution in [-0.2, 0) is 4.79 Å². The van der Waals surface area contributed by atoms with Crippen LogP contribution in [0.4, 0.5) is 0 Å². The zero-order valence-electron chi connectivity index (χ0n) is 12.2. The van der Waals surface area contributed by atoms with E-state index in [1.165, 1.54) is 0 Å². The number of ether oxygens (including phenoxy) is 1. The molecule has 1 aromatic rings. The van der Waals surface area contributed by atoms with Gasteiger partial charge in [0.1, 0.15) is 5.75 Å². The average Bonchev–Trinajstić information content (AvgIpc) is 2.52. The number of hydrogen-bond donors (Lipinski definition) is 2. The Morgan fingerprint density at radius 1 is 1.33 bits per heavy atom. The first-order chi connectivity index (χ1) is 10.1. The van der Waals surface area contributed by atoms with Crippen molar-refractivity contribution in [1.29, 1.82) is 0 Å². The Bertz CT molecular complexity index is 515. The molecule has 5 heteroatoms. The highest BCUT2D eigenvalue weighted by molar-refractivity contribution is 5.94. The zero-order valence-corrected chi connectivity index (χ0v) is 12.2. The van der Waals surface area contributed by atoms with Gasteiger partial charge in [0.2, 0.25) is 0 Å². The number of amides is 1. The number of rotatable bonds is 5. The molecule has 1 amide bonds. The topological polar surface area (TPSA) is 75.6 Å². The van der Waals surface area contributed by atoms with Gasteiger partial charge in [0, 0.05) is 12.1 Å². The standard InChI is InChI=1S/C16H21NO4/c1-21-13-7-4-6-11(9-13)15(18)17-10-12-5-2-3-8-14(12)16(19)20/h4,6-7,9,12,14H,2-3,5,8,10H2,1H3,(H,17,18)(H,19,20). The van der Waals surface area contributed by atoms with Gasteiger partial charge in [0.25, 0.3) is 5.91 Å². The average molecular weight is 291 g/mol. The first-order valence-corrected chi connectivity index (χ1v) is 7.27. The van der Waals surface area contributed by atoms with E-state index in [1.54, 1.807) is 31.4 Å². The van der Waals surface area contributed by atoms with E-state index in [-0.39, 0.29) is 17.7 Å². The first-order valence-electron chi connectivity index (χ1n) is 7.27. The summed E-state index contributed by atoms with van der Waals surface area (Å²) in [5.74, 6) is -0.641. The Morgan fingerprint density at radius 2 is 2.10 bits per heavy atom. The van der Waals surface area contributed by atoms with E-state index in [0.29, 0.717) is 24.3 Å². The maximum atomic E-state index is 12.1. The van der Waals surface area contributed by atoms with Crippen molar-refractivity contribution in [1.82, 2.24) is 5.32 Å². The van der Waals surface area contributed by atoms with Gasteiger partial charge in [-0.3, -0.25) is 9.59 Å². The Morgan fingerprint density at radius 3 is 2.81 bits per heavy atom. The van der Waals surface area contributed by atoms with Gasteiger partial charge in [-0.2, -0.15) is 0 Å². The number of benzene rings is 1. The number of carboxylic acids is 1. The minimum Gasteiger partial charge on any atom is -0.497 e. The van der Waals surface area contributed by atoms with Gasteiger partial charge in [0.05, 0.1) is 13.0 Å². The Balaban J connectivity index is 1.94. The summed E-state index contributed by atoms with van der Waals surface area (Å²) >= 11 is 0. The second kappa shape index (κ2) is 7.11. The number of nitrogens with one attached hydrogen (secondary N) is 1. The molecule has 1 aliphatic rings. The van der Waals surface area contributed by atoms with Crippen molar-refractivity contribution in [2.45, 2.75) is 25.7 Å². The summed E-state index contributed by atoms with van der Waals surface area (Å²) in [5.41, 5.74) is 0.525. The van der Waals surface area contributed by atoms with E-state index in [4.69, 9.17) is 4.74 Å². The molecule has 0 aromatic heterocycles.